The van der Waals surface area contributed by atoms with Crippen molar-refractivity contribution in [1.82, 2.24) is 10.2 Å². The SMILES string of the molecule is CNC(=O)C1CCN(C(=O)c2ccc(N3CCC[C@H](C)C3)c([N+](=O)[O-])c2)CC1. The molecule has 8 heteroatoms. The lowest BCUT2D eigenvalue weighted by Crippen LogP contribution is -2.42. The second-order valence-electron chi connectivity index (χ2n) is 7.83. The highest BCUT2D eigenvalue weighted by Gasteiger charge is 2.29. The summed E-state index contributed by atoms with van der Waals surface area (Å²) in [6, 6.07) is 4.80. The molecule has 1 atom stereocenters. The standard InChI is InChI=1S/C20H28N4O4/c1-14-4-3-9-23(13-14)17-6-5-16(12-18(17)24(27)28)20(26)22-10-7-15(8-11-22)19(25)21-2/h5-6,12,14-15H,3-4,7-11,13H2,1-2H3,(H,21,25)/t14-/m0/s1. The van der Waals surface area contributed by atoms with Crippen molar-refractivity contribution in [2.75, 3.05) is 38.1 Å². The first-order valence-corrected chi connectivity index (χ1v) is 9.95. The maximum absolute atomic E-state index is 12.8. The average molecular weight is 388 g/mol. The van der Waals surface area contributed by atoms with E-state index in [1.165, 1.54) is 6.07 Å². The van der Waals surface area contributed by atoms with Crippen LogP contribution < -0.4 is 10.2 Å². The quantitative estimate of drug-likeness (QED) is 0.631. The van der Waals surface area contributed by atoms with Crippen LogP contribution in [0.25, 0.3) is 0 Å². The maximum atomic E-state index is 12.8. The van der Waals surface area contributed by atoms with Gasteiger partial charge in [0.1, 0.15) is 5.69 Å². The average Bonchev–Trinajstić information content (AvgIpc) is 2.72. The van der Waals surface area contributed by atoms with Gasteiger partial charge < -0.3 is 15.1 Å². The van der Waals surface area contributed by atoms with Crippen molar-refractivity contribution in [3.05, 3.63) is 33.9 Å². The molecule has 1 N–H and O–H groups in total. The number of piperidine rings is 2. The minimum Gasteiger partial charge on any atom is -0.366 e. The predicted molar refractivity (Wildman–Crippen MR) is 106 cm³/mol. The zero-order valence-electron chi connectivity index (χ0n) is 16.5. The van der Waals surface area contributed by atoms with E-state index in [9.17, 15) is 19.7 Å². The van der Waals surface area contributed by atoms with Crippen LogP contribution in [-0.2, 0) is 4.79 Å². The van der Waals surface area contributed by atoms with Crippen molar-refractivity contribution in [2.24, 2.45) is 11.8 Å². The number of nitro groups is 1. The third-order valence-corrected chi connectivity index (χ3v) is 5.82. The molecule has 2 fully saturated rings. The summed E-state index contributed by atoms with van der Waals surface area (Å²) in [5.41, 5.74) is 0.908. The molecule has 0 spiro atoms. The Labute approximate surface area is 165 Å². The Balaban J connectivity index is 1.75. The molecule has 2 saturated heterocycles. The molecule has 2 aliphatic heterocycles. The zero-order chi connectivity index (χ0) is 20.3. The minimum absolute atomic E-state index is 0.00264. The highest BCUT2D eigenvalue weighted by Crippen LogP contribution is 2.33. The van der Waals surface area contributed by atoms with Gasteiger partial charge in [0.05, 0.1) is 4.92 Å². The van der Waals surface area contributed by atoms with E-state index in [2.05, 4.69) is 17.1 Å². The van der Waals surface area contributed by atoms with Crippen LogP contribution in [0.1, 0.15) is 43.0 Å². The Hall–Kier alpha value is -2.64. The number of carbonyl (C=O) groups is 2. The Bertz CT molecular complexity index is 759. The van der Waals surface area contributed by atoms with Crippen LogP contribution >= 0.6 is 0 Å². The number of nitrogens with zero attached hydrogens (tertiary/aromatic N) is 3. The van der Waals surface area contributed by atoms with Gasteiger partial charge in [0, 0.05) is 50.8 Å². The molecule has 2 amide bonds. The number of likely N-dealkylation sites (tertiary alicyclic amines) is 1. The smallest absolute Gasteiger partial charge is 0.293 e. The van der Waals surface area contributed by atoms with E-state index in [0.29, 0.717) is 43.1 Å². The van der Waals surface area contributed by atoms with Gasteiger partial charge in [-0.1, -0.05) is 6.92 Å². The number of rotatable bonds is 4. The number of amides is 2. The van der Waals surface area contributed by atoms with E-state index in [1.54, 1.807) is 24.1 Å². The van der Waals surface area contributed by atoms with Crippen LogP contribution in [0.4, 0.5) is 11.4 Å². The van der Waals surface area contributed by atoms with Gasteiger partial charge in [-0.15, -0.1) is 0 Å². The van der Waals surface area contributed by atoms with E-state index in [1.807, 2.05) is 0 Å². The number of nitro benzene ring substituents is 1. The van der Waals surface area contributed by atoms with Gasteiger partial charge in [0.2, 0.25) is 5.91 Å². The third-order valence-electron chi connectivity index (χ3n) is 5.82. The van der Waals surface area contributed by atoms with E-state index >= 15 is 0 Å². The molecule has 2 aliphatic rings. The van der Waals surface area contributed by atoms with E-state index < -0.39 is 4.92 Å². The molecule has 8 nitrogen and oxygen atoms in total. The van der Waals surface area contributed by atoms with Crippen LogP contribution in [0.3, 0.4) is 0 Å². The van der Waals surface area contributed by atoms with Crippen molar-refractivity contribution in [3.63, 3.8) is 0 Å². The fourth-order valence-corrected chi connectivity index (χ4v) is 4.21. The Kier molecular flexibility index (Phi) is 6.16. The molecular formula is C20H28N4O4. The van der Waals surface area contributed by atoms with Crippen LogP contribution in [0.15, 0.2) is 18.2 Å². The molecule has 152 valence electrons. The third kappa shape index (κ3) is 4.26. The summed E-state index contributed by atoms with van der Waals surface area (Å²) in [4.78, 5) is 39.6. The van der Waals surface area contributed by atoms with Gasteiger partial charge in [-0.05, 0) is 43.7 Å². The first kappa shape index (κ1) is 20.1. The first-order valence-electron chi connectivity index (χ1n) is 9.95. The fraction of sp³-hybridized carbons (Fsp3) is 0.600. The second-order valence-corrected chi connectivity index (χ2v) is 7.83. The largest absolute Gasteiger partial charge is 0.366 e. The maximum Gasteiger partial charge on any atom is 0.293 e. The van der Waals surface area contributed by atoms with Gasteiger partial charge in [-0.2, -0.15) is 0 Å². The van der Waals surface area contributed by atoms with Gasteiger partial charge >= 0.3 is 0 Å². The normalized spacial score (nSPS) is 20.7. The van der Waals surface area contributed by atoms with Crippen molar-refractivity contribution in [3.8, 4) is 0 Å². The molecule has 28 heavy (non-hydrogen) atoms. The first-order chi connectivity index (χ1) is 13.4. The number of carbonyl (C=O) groups excluding carboxylic acids is 2. The fourth-order valence-electron chi connectivity index (χ4n) is 4.21. The lowest BCUT2D eigenvalue weighted by molar-refractivity contribution is -0.384. The molecule has 0 aromatic heterocycles. The van der Waals surface area contributed by atoms with Crippen molar-refractivity contribution < 1.29 is 14.5 Å². The lowest BCUT2D eigenvalue weighted by atomic mass is 9.95. The van der Waals surface area contributed by atoms with Crippen LogP contribution in [0.5, 0.6) is 0 Å². The van der Waals surface area contributed by atoms with Crippen molar-refractivity contribution in [1.29, 1.82) is 0 Å². The predicted octanol–water partition coefficient (Wildman–Crippen LogP) is 2.43. The Morgan fingerprint density at radius 2 is 1.89 bits per heavy atom. The Morgan fingerprint density at radius 1 is 1.18 bits per heavy atom. The number of hydrogen-bond donors (Lipinski definition) is 1. The highest BCUT2D eigenvalue weighted by molar-refractivity contribution is 5.96. The second kappa shape index (κ2) is 8.58. The zero-order valence-corrected chi connectivity index (χ0v) is 16.5. The molecule has 3 rings (SSSR count). The summed E-state index contributed by atoms with van der Waals surface area (Å²) < 4.78 is 0. The molecule has 1 aromatic rings. The molecule has 2 heterocycles. The van der Waals surface area contributed by atoms with E-state index in [0.717, 1.165) is 25.9 Å². The number of anilines is 1. The lowest BCUT2D eigenvalue weighted by Gasteiger charge is -2.33. The van der Waals surface area contributed by atoms with Crippen molar-refractivity contribution in [2.45, 2.75) is 32.6 Å². The molecule has 0 unspecified atom stereocenters. The summed E-state index contributed by atoms with van der Waals surface area (Å²) in [7, 11) is 1.61. The molecule has 0 radical (unpaired) electrons. The molecule has 0 saturated carbocycles. The molecule has 0 aliphatic carbocycles. The molecule has 0 bridgehead atoms. The van der Waals surface area contributed by atoms with Crippen molar-refractivity contribution >= 4 is 23.2 Å². The number of nitrogens with one attached hydrogen (secondary N) is 1. The topological polar surface area (TPSA) is 95.8 Å². The van der Waals surface area contributed by atoms with Gasteiger partial charge in [-0.25, -0.2) is 0 Å². The Morgan fingerprint density at radius 3 is 2.50 bits per heavy atom. The summed E-state index contributed by atoms with van der Waals surface area (Å²) in [5.74, 6) is 0.211. The van der Waals surface area contributed by atoms with Crippen LogP contribution in [0, 0.1) is 22.0 Å². The summed E-state index contributed by atoms with van der Waals surface area (Å²) in [6.07, 6.45) is 3.36. The number of hydrogen-bond acceptors (Lipinski definition) is 5. The number of benzene rings is 1. The summed E-state index contributed by atoms with van der Waals surface area (Å²) in [5, 5.41) is 14.3. The minimum atomic E-state index is -0.400. The van der Waals surface area contributed by atoms with Gasteiger partial charge in [-0.3, -0.25) is 19.7 Å². The monoisotopic (exact) mass is 388 g/mol. The van der Waals surface area contributed by atoms with E-state index in [-0.39, 0.29) is 23.4 Å². The summed E-state index contributed by atoms with van der Waals surface area (Å²) in [6.45, 7) is 4.71. The van der Waals surface area contributed by atoms with Gasteiger partial charge in [0.25, 0.3) is 11.6 Å². The van der Waals surface area contributed by atoms with E-state index in [4.69, 9.17) is 0 Å². The summed E-state index contributed by atoms with van der Waals surface area (Å²) >= 11 is 0. The van der Waals surface area contributed by atoms with Crippen LogP contribution in [-0.4, -0.2) is 54.9 Å². The highest BCUT2D eigenvalue weighted by atomic mass is 16.6. The molecule has 1 aromatic carbocycles. The van der Waals surface area contributed by atoms with Crippen LogP contribution in [0.2, 0.25) is 0 Å². The van der Waals surface area contributed by atoms with Gasteiger partial charge in [0.15, 0.2) is 0 Å². The molecular weight excluding hydrogens is 360 g/mol.